The highest BCUT2D eigenvalue weighted by molar-refractivity contribution is 5.97. The summed E-state index contributed by atoms with van der Waals surface area (Å²) >= 11 is 0. The second kappa shape index (κ2) is 10.5. The second-order valence-electron chi connectivity index (χ2n) is 9.20. The Morgan fingerprint density at radius 3 is 2.41 bits per heavy atom. The summed E-state index contributed by atoms with van der Waals surface area (Å²) in [6.07, 6.45) is 5.20. The van der Waals surface area contributed by atoms with Crippen LogP contribution in [0.5, 0.6) is 0 Å². The molecule has 0 aliphatic carbocycles. The molecule has 0 unspecified atom stereocenters. The van der Waals surface area contributed by atoms with Gasteiger partial charge in [0.2, 0.25) is 5.95 Å². The molecule has 1 aliphatic rings. The van der Waals surface area contributed by atoms with Crippen molar-refractivity contribution in [2.24, 2.45) is 0 Å². The molecule has 39 heavy (non-hydrogen) atoms. The van der Waals surface area contributed by atoms with Gasteiger partial charge in [-0.3, -0.25) is 9.78 Å². The maximum atomic E-state index is 13.3. The number of hydrogen-bond donors (Lipinski definition) is 1. The van der Waals surface area contributed by atoms with E-state index in [0.717, 1.165) is 22.5 Å². The van der Waals surface area contributed by atoms with Crippen LogP contribution in [0.2, 0.25) is 0 Å². The van der Waals surface area contributed by atoms with Crippen LogP contribution in [0.15, 0.2) is 73.2 Å². The smallest absolute Gasteiger partial charge is 0.219 e. The number of carbonyl (C=O) groups is 1. The van der Waals surface area contributed by atoms with Gasteiger partial charge in [0.25, 0.3) is 0 Å². The zero-order valence-corrected chi connectivity index (χ0v) is 20.9. The summed E-state index contributed by atoms with van der Waals surface area (Å²) in [7, 11) is 0. The van der Waals surface area contributed by atoms with E-state index in [9.17, 15) is 9.18 Å². The van der Waals surface area contributed by atoms with E-state index in [1.807, 2.05) is 30.3 Å². The Bertz CT molecular complexity index is 1650. The molecule has 4 heterocycles. The van der Waals surface area contributed by atoms with Crippen LogP contribution in [0.25, 0.3) is 33.5 Å². The molecule has 0 saturated carbocycles. The number of hydrogen-bond acceptors (Lipinski definition) is 9. The lowest BCUT2D eigenvalue weighted by atomic mass is 9.99. The highest BCUT2D eigenvalue weighted by Crippen LogP contribution is 2.30. The molecule has 1 saturated heterocycles. The van der Waals surface area contributed by atoms with Gasteiger partial charge in [-0.05, 0) is 41.5 Å². The number of pyridine rings is 1. The molecule has 0 spiro atoms. The first-order chi connectivity index (χ1) is 19.0. The van der Waals surface area contributed by atoms with Crippen LogP contribution < -0.4 is 10.6 Å². The van der Waals surface area contributed by atoms with Crippen molar-refractivity contribution >= 4 is 28.6 Å². The van der Waals surface area contributed by atoms with Crippen molar-refractivity contribution in [1.82, 2.24) is 24.9 Å². The molecule has 5 aromatic rings. The number of nitrogens with two attached hydrogens (primary N) is 1. The molecule has 0 bridgehead atoms. The minimum atomic E-state index is -0.370. The fraction of sp³-hybridized carbons (Fsp3) is 0.172. The Labute approximate surface area is 223 Å². The molecule has 0 amide bonds. The first-order valence-electron chi connectivity index (χ1n) is 12.5. The van der Waals surface area contributed by atoms with Crippen LogP contribution >= 0.6 is 0 Å². The first-order valence-corrected chi connectivity index (χ1v) is 12.5. The van der Waals surface area contributed by atoms with Crippen LogP contribution in [-0.2, 0) is 11.2 Å². The Balaban J connectivity index is 1.37. The number of nitrogens with zero attached hydrogens (tertiary/aromatic N) is 6. The summed E-state index contributed by atoms with van der Waals surface area (Å²) in [6, 6.07) is 15.3. The summed E-state index contributed by atoms with van der Waals surface area (Å²) in [5.41, 5.74) is 10.7. The zero-order valence-electron chi connectivity index (χ0n) is 20.9. The molecular weight excluding hydrogens is 497 g/mol. The molecule has 2 N–H and O–H groups in total. The monoisotopic (exact) mass is 521 g/mol. The third-order valence-corrected chi connectivity index (χ3v) is 6.55. The average Bonchev–Trinajstić information content (AvgIpc) is 2.97. The summed E-state index contributed by atoms with van der Waals surface area (Å²) in [5.74, 6) is 0.920. The van der Waals surface area contributed by atoms with Gasteiger partial charge in [-0.2, -0.15) is 0 Å². The van der Waals surface area contributed by atoms with Crippen molar-refractivity contribution in [3.63, 3.8) is 0 Å². The lowest BCUT2D eigenvalue weighted by Gasteiger charge is -2.28. The van der Waals surface area contributed by atoms with Gasteiger partial charge in [-0.1, -0.05) is 24.3 Å². The summed E-state index contributed by atoms with van der Waals surface area (Å²) < 4.78 is 18.8. The fourth-order valence-electron chi connectivity index (χ4n) is 4.52. The minimum absolute atomic E-state index is 0.0814. The number of ketones is 1. The summed E-state index contributed by atoms with van der Waals surface area (Å²) in [6.45, 7) is 2.59. The number of fused-ring (bicyclic) bond motifs is 1. The Hall–Kier alpha value is -4.83. The molecule has 2 aromatic carbocycles. The molecule has 194 valence electrons. The Kier molecular flexibility index (Phi) is 6.60. The topological polar surface area (TPSA) is 120 Å². The van der Waals surface area contributed by atoms with Crippen LogP contribution in [0.4, 0.5) is 16.2 Å². The van der Waals surface area contributed by atoms with Crippen molar-refractivity contribution in [3.05, 3.63) is 90.1 Å². The van der Waals surface area contributed by atoms with E-state index in [-0.39, 0.29) is 24.0 Å². The highest BCUT2D eigenvalue weighted by Gasteiger charge is 2.20. The van der Waals surface area contributed by atoms with E-state index < -0.39 is 0 Å². The van der Waals surface area contributed by atoms with E-state index in [4.69, 9.17) is 25.4 Å². The highest BCUT2D eigenvalue weighted by atomic mass is 19.1. The van der Waals surface area contributed by atoms with Crippen LogP contribution in [0.1, 0.15) is 15.9 Å². The second-order valence-corrected chi connectivity index (χ2v) is 9.20. The molecule has 3 aromatic heterocycles. The number of Topliss-reactive ketones (excluding diaryl/α,β-unsaturated/α-hetero) is 1. The van der Waals surface area contributed by atoms with Gasteiger partial charge in [0.15, 0.2) is 17.4 Å². The normalized spacial score (nSPS) is 13.5. The third-order valence-electron chi connectivity index (χ3n) is 6.55. The van der Waals surface area contributed by atoms with Gasteiger partial charge in [0, 0.05) is 49.2 Å². The number of carbonyl (C=O) groups excluding carboxylic acids is 1. The molecule has 1 aliphatic heterocycles. The zero-order chi connectivity index (χ0) is 26.8. The predicted molar refractivity (Wildman–Crippen MR) is 146 cm³/mol. The lowest BCUT2D eigenvalue weighted by molar-refractivity contribution is 0.0993. The van der Waals surface area contributed by atoms with E-state index in [1.165, 1.54) is 24.3 Å². The van der Waals surface area contributed by atoms with Gasteiger partial charge in [0.1, 0.15) is 11.3 Å². The van der Waals surface area contributed by atoms with Crippen LogP contribution in [0, 0.1) is 5.82 Å². The first kappa shape index (κ1) is 24.5. The van der Waals surface area contributed by atoms with Crippen LogP contribution in [0.3, 0.4) is 0 Å². The SMILES string of the molecule is Nc1ncc(-c2nc(N3CCOCC3)c3ncc(-c4cccc(CC(=O)c5ccc(F)cc5)c4)cc3n2)cn1. The Morgan fingerprint density at radius 2 is 1.64 bits per heavy atom. The predicted octanol–water partition coefficient (Wildman–Crippen LogP) is 4.13. The summed E-state index contributed by atoms with van der Waals surface area (Å²) in [5, 5.41) is 0. The Morgan fingerprint density at radius 1 is 0.897 bits per heavy atom. The molecule has 6 rings (SSSR count). The van der Waals surface area contributed by atoms with E-state index >= 15 is 0 Å². The number of ether oxygens (including phenoxy) is 1. The van der Waals surface area contributed by atoms with Crippen LogP contribution in [-0.4, -0.2) is 57.0 Å². The maximum Gasteiger partial charge on any atom is 0.219 e. The molecule has 1 fully saturated rings. The third kappa shape index (κ3) is 5.27. The number of halogens is 1. The van der Waals surface area contributed by atoms with Gasteiger partial charge < -0.3 is 15.4 Å². The number of nitrogen functional groups attached to an aromatic ring is 1. The van der Waals surface area contributed by atoms with Crippen molar-refractivity contribution in [3.8, 4) is 22.5 Å². The number of anilines is 2. The number of aromatic nitrogens is 5. The van der Waals surface area contributed by atoms with Gasteiger partial charge in [0.05, 0.1) is 24.3 Å². The van der Waals surface area contributed by atoms with Crippen molar-refractivity contribution < 1.29 is 13.9 Å². The molecule has 9 nitrogen and oxygen atoms in total. The quantitative estimate of drug-likeness (QED) is 0.329. The molecule has 0 radical (unpaired) electrons. The number of morpholine rings is 1. The van der Waals surface area contributed by atoms with Gasteiger partial charge in [-0.25, -0.2) is 24.3 Å². The maximum absolute atomic E-state index is 13.3. The van der Waals surface area contributed by atoms with Crippen molar-refractivity contribution in [2.75, 3.05) is 36.9 Å². The van der Waals surface area contributed by atoms with E-state index in [1.54, 1.807) is 18.6 Å². The molecule has 10 heteroatoms. The molecular formula is C29H24FN7O2. The van der Waals surface area contributed by atoms with Crippen molar-refractivity contribution in [2.45, 2.75) is 6.42 Å². The van der Waals surface area contributed by atoms with E-state index in [0.29, 0.717) is 54.3 Å². The fourth-order valence-corrected chi connectivity index (χ4v) is 4.52. The van der Waals surface area contributed by atoms with Gasteiger partial charge >= 0.3 is 0 Å². The minimum Gasteiger partial charge on any atom is -0.378 e. The van der Waals surface area contributed by atoms with Gasteiger partial charge in [-0.15, -0.1) is 0 Å². The standard InChI is InChI=1S/C29H24FN7O2/c30-23-6-4-19(5-7-23)25(38)13-18-2-1-3-20(12-18)21-14-24-26(32-15-21)28(37-8-10-39-11-9-37)36-27(35-24)22-16-33-29(31)34-17-22/h1-7,12,14-17H,8-11,13H2,(H2,31,33,34). The number of benzene rings is 2. The average molecular weight is 522 g/mol. The summed E-state index contributed by atoms with van der Waals surface area (Å²) in [4.78, 5) is 37.5. The number of rotatable bonds is 6. The van der Waals surface area contributed by atoms with E-state index in [2.05, 4.69) is 14.9 Å². The largest absolute Gasteiger partial charge is 0.378 e. The molecule has 0 atom stereocenters. The van der Waals surface area contributed by atoms with Crippen molar-refractivity contribution in [1.29, 1.82) is 0 Å². The lowest BCUT2D eigenvalue weighted by Crippen LogP contribution is -2.37.